The first kappa shape index (κ1) is 12.4. The van der Waals surface area contributed by atoms with Gasteiger partial charge in [0.2, 0.25) is 0 Å². The van der Waals surface area contributed by atoms with Gasteiger partial charge in [-0.15, -0.1) is 6.58 Å². The molecule has 2 rings (SSSR count). The van der Waals surface area contributed by atoms with Crippen molar-refractivity contribution in [3.8, 4) is 5.75 Å². The molecule has 0 bridgehead atoms. The number of hydrogen-bond donors (Lipinski definition) is 1. The highest BCUT2D eigenvalue weighted by Crippen LogP contribution is 2.25. The van der Waals surface area contributed by atoms with Crippen LogP contribution in [0.15, 0.2) is 43.1 Å². The number of nitrogens with zero attached hydrogens (tertiary/aromatic N) is 1. The van der Waals surface area contributed by atoms with Gasteiger partial charge in [-0.2, -0.15) is 0 Å². The number of nitrogens with one attached hydrogen (secondary N) is 1. The minimum absolute atomic E-state index is 0.322. The van der Waals surface area contributed by atoms with Gasteiger partial charge in [-0.1, -0.05) is 6.08 Å². The van der Waals surface area contributed by atoms with Gasteiger partial charge in [-0.05, 0) is 43.0 Å². The third kappa shape index (κ3) is 2.62. The zero-order chi connectivity index (χ0) is 13.0. The SMILES string of the molecule is C=CCC(C)Nc1nccc2cc(OC)ccc12. The smallest absolute Gasteiger partial charge is 0.134 e. The Labute approximate surface area is 107 Å². The van der Waals surface area contributed by atoms with Crippen molar-refractivity contribution in [1.29, 1.82) is 0 Å². The summed E-state index contributed by atoms with van der Waals surface area (Å²) in [7, 11) is 1.67. The van der Waals surface area contributed by atoms with E-state index in [2.05, 4.69) is 23.8 Å². The van der Waals surface area contributed by atoms with Crippen LogP contribution in [0.1, 0.15) is 13.3 Å². The Morgan fingerprint density at radius 2 is 2.28 bits per heavy atom. The van der Waals surface area contributed by atoms with E-state index in [1.54, 1.807) is 7.11 Å². The van der Waals surface area contributed by atoms with Crippen molar-refractivity contribution in [2.24, 2.45) is 0 Å². The third-order valence-electron chi connectivity index (χ3n) is 2.87. The average molecular weight is 242 g/mol. The van der Waals surface area contributed by atoms with Gasteiger partial charge >= 0.3 is 0 Å². The monoisotopic (exact) mass is 242 g/mol. The second-order valence-corrected chi connectivity index (χ2v) is 4.32. The molecule has 0 amide bonds. The van der Waals surface area contributed by atoms with Gasteiger partial charge in [0.05, 0.1) is 7.11 Å². The fraction of sp³-hybridized carbons (Fsp3) is 0.267. The van der Waals surface area contributed by atoms with Gasteiger partial charge < -0.3 is 10.1 Å². The van der Waals surface area contributed by atoms with Crippen LogP contribution in [-0.4, -0.2) is 18.1 Å². The molecule has 94 valence electrons. The highest BCUT2D eigenvalue weighted by Gasteiger charge is 2.06. The van der Waals surface area contributed by atoms with Crippen molar-refractivity contribution in [3.05, 3.63) is 43.1 Å². The van der Waals surface area contributed by atoms with E-state index in [0.717, 1.165) is 28.8 Å². The van der Waals surface area contributed by atoms with Crippen LogP contribution in [0.5, 0.6) is 5.75 Å². The van der Waals surface area contributed by atoms with E-state index >= 15 is 0 Å². The van der Waals surface area contributed by atoms with Crippen LogP contribution >= 0.6 is 0 Å². The first-order valence-electron chi connectivity index (χ1n) is 6.04. The van der Waals surface area contributed by atoms with Gasteiger partial charge in [0, 0.05) is 17.6 Å². The summed E-state index contributed by atoms with van der Waals surface area (Å²) in [6.45, 7) is 5.87. The Morgan fingerprint density at radius 3 is 3.00 bits per heavy atom. The summed E-state index contributed by atoms with van der Waals surface area (Å²) in [6.07, 6.45) is 4.63. The van der Waals surface area contributed by atoms with E-state index in [9.17, 15) is 0 Å². The predicted octanol–water partition coefficient (Wildman–Crippen LogP) is 3.62. The maximum Gasteiger partial charge on any atom is 0.134 e. The van der Waals surface area contributed by atoms with Crippen LogP contribution in [0, 0.1) is 0 Å². The molecule has 0 spiro atoms. The van der Waals surface area contributed by atoms with E-state index in [0.29, 0.717) is 6.04 Å². The first-order chi connectivity index (χ1) is 8.74. The first-order valence-corrected chi connectivity index (χ1v) is 6.04. The highest BCUT2D eigenvalue weighted by atomic mass is 16.5. The summed E-state index contributed by atoms with van der Waals surface area (Å²) in [5.41, 5.74) is 0. The lowest BCUT2D eigenvalue weighted by molar-refractivity contribution is 0.415. The summed E-state index contributed by atoms with van der Waals surface area (Å²) >= 11 is 0. The van der Waals surface area contributed by atoms with E-state index in [1.807, 2.05) is 36.5 Å². The molecule has 18 heavy (non-hydrogen) atoms. The van der Waals surface area contributed by atoms with Crippen LogP contribution in [0.2, 0.25) is 0 Å². The molecule has 0 aliphatic carbocycles. The van der Waals surface area contributed by atoms with Crippen LogP contribution in [-0.2, 0) is 0 Å². The Balaban J connectivity index is 2.36. The molecule has 3 nitrogen and oxygen atoms in total. The van der Waals surface area contributed by atoms with Gasteiger partial charge in [-0.3, -0.25) is 0 Å². The number of pyridine rings is 1. The summed E-state index contributed by atoms with van der Waals surface area (Å²) in [6, 6.07) is 8.31. The lowest BCUT2D eigenvalue weighted by atomic mass is 10.1. The molecule has 1 atom stereocenters. The summed E-state index contributed by atoms with van der Waals surface area (Å²) in [5.74, 6) is 1.77. The normalized spacial score (nSPS) is 12.1. The van der Waals surface area contributed by atoms with Gasteiger partial charge in [0.25, 0.3) is 0 Å². The molecule has 1 heterocycles. The van der Waals surface area contributed by atoms with E-state index < -0.39 is 0 Å². The van der Waals surface area contributed by atoms with Crippen molar-refractivity contribution < 1.29 is 4.74 Å². The van der Waals surface area contributed by atoms with Gasteiger partial charge in [-0.25, -0.2) is 4.98 Å². The highest BCUT2D eigenvalue weighted by molar-refractivity contribution is 5.92. The number of hydrogen-bond acceptors (Lipinski definition) is 3. The predicted molar refractivity (Wildman–Crippen MR) is 76.2 cm³/mol. The second-order valence-electron chi connectivity index (χ2n) is 4.32. The van der Waals surface area contributed by atoms with Crippen LogP contribution in [0.3, 0.4) is 0 Å². The van der Waals surface area contributed by atoms with E-state index in [4.69, 9.17) is 4.74 Å². The molecule has 2 aromatic rings. The quantitative estimate of drug-likeness (QED) is 0.813. The molecule has 0 aliphatic heterocycles. The zero-order valence-corrected chi connectivity index (χ0v) is 10.8. The Hall–Kier alpha value is -2.03. The molecule has 1 aromatic heterocycles. The fourth-order valence-electron chi connectivity index (χ4n) is 1.94. The van der Waals surface area contributed by atoms with Crippen LogP contribution in [0.4, 0.5) is 5.82 Å². The maximum absolute atomic E-state index is 5.23. The fourth-order valence-corrected chi connectivity index (χ4v) is 1.94. The molecular formula is C15H18N2O. The molecule has 3 heteroatoms. The number of rotatable bonds is 5. The Morgan fingerprint density at radius 1 is 1.44 bits per heavy atom. The lowest BCUT2D eigenvalue weighted by Gasteiger charge is -2.14. The topological polar surface area (TPSA) is 34.2 Å². The number of aromatic nitrogens is 1. The molecule has 0 fully saturated rings. The number of ether oxygens (including phenoxy) is 1. The second kappa shape index (κ2) is 5.54. The minimum Gasteiger partial charge on any atom is -0.497 e. The van der Waals surface area contributed by atoms with Crippen molar-refractivity contribution in [2.45, 2.75) is 19.4 Å². The van der Waals surface area contributed by atoms with Gasteiger partial charge in [0.1, 0.15) is 11.6 Å². The molecule has 0 saturated carbocycles. The molecule has 0 radical (unpaired) electrons. The zero-order valence-electron chi connectivity index (χ0n) is 10.8. The number of benzene rings is 1. The largest absolute Gasteiger partial charge is 0.497 e. The van der Waals surface area contributed by atoms with Crippen LogP contribution in [0.25, 0.3) is 10.8 Å². The molecule has 1 unspecified atom stereocenters. The Kier molecular flexibility index (Phi) is 3.82. The summed E-state index contributed by atoms with van der Waals surface area (Å²) in [5, 5.41) is 5.63. The average Bonchev–Trinajstić information content (AvgIpc) is 2.38. The number of fused-ring (bicyclic) bond motifs is 1. The molecule has 0 saturated heterocycles. The van der Waals surface area contributed by atoms with Crippen molar-refractivity contribution in [1.82, 2.24) is 4.98 Å². The van der Waals surface area contributed by atoms with Crippen molar-refractivity contribution >= 4 is 16.6 Å². The van der Waals surface area contributed by atoms with Crippen LogP contribution < -0.4 is 10.1 Å². The summed E-state index contributed by atoms with van der Waals surface area (Å²) < 4.78 is 5.23. The van der Waals surface area contributed by atoms with E-state index in [1.165, 1.54) is 0 Å². The minimum atomic E-state index is 0.322. The lowest BCUT2D eigenvalue weighted by Crippen LogP contribution is -2.14. The standard InChI is InChI=1S/C15H18N2O/c1-4-5-11(2)17-15-14-7-6-13(18-3)10-12(14)8-9-16-15/h4,6-11H,1,5H2,2-3H3,(H,16,17). The maximum atomic E-state index is 5.23. The van der Waals surface area contributed by atoms with Crippen molar-refractivity contribution in [3.63, 3.8) is 0 Å². The number of anilines is 1. The number of methoxy groups -OCH3 is 1. The summed E-state index contributed by atoms with van der Waals surface area (Å²) in [4.78, 5) is 4.40. The van der Waals surface area contributed by atoms with E-state index in [-0.39, 0.29) is 0 Å². The molecule has 1 aromatic carbocycles. The molecule has 1 N–H and O–H groups in total. The molecular weight excluding hydrogens is 224 g/mol. The van der Waals surface area contributed by atoms with Crippen molar-refractivity contribution in [2.75, 3.05) is 12.4 Å². The Bertz CT molecular complexity index is 551. The van der Waals surface area contributed by atoms with Gasteiger partial charge in [0.15, 0.2) is 0 Å². The molecule has 0 aliphatic rings. The third-order valence-corrected chi connectivity index (χ3v) is 2.87.